The Kier molecular flexibility index (Phi) is 5.21. The zero-order valence-electron chi connectivity index (χ0n) is 15.9. The van der Waals surface area contributed by atoms with Gasteiger partial charge in [0, 0.05) is 29.8 Å². The van der Waals surface area contributed by atoms with Crippen LogP contribution >= 0.6 is 0 Å². The second-order valence-corrected chi connectivity index (χ2v) is 7.01. The van der Waals surface area contributed by atoms with E-state index in [2.05, 4.69) is 16.4 Å². The number of amidine groups is 1. The van der Waals surface area contributed by atoms with Gasteiger partial charge in [0.25, 0.3) is 11.8 Å². The van der Waals surface area contributed by atoms with Crippen molar-refractivity contribution >= 4 is 23.3 Å². The fourth-order valence-electron chi connectivity index (χ4n) is 3.64. The van der Waals surface area contributed by atoms with Crippen molar-refractivity contribution in [3.05, 3.63) is 76.9 Å². The molecular formula is C23H20N4O2. The van der Waals surface area contributed by atoms with E-state index in [-0.39, 0.29) is 17.4 Å². The zero-order valence-corrected chi connectivity index (χ0v) is 15.9. The first-order valence-corrected chi connectivity index (χ1v) is 9.67. The molecule has 0 saturated carbocycles. The van der Waals surface area contributed by atoms with E-state index < -0.39 is 0 Å². The van der Waals surface area contributed by atoms with Crippen LogP contribution in [0.25, 0.3) is 5.70 Å². The average molecular weight is 384 g/mol. The lowest BCUT2D eigenvalue weighted by Crippen LogP contribution is -2.36. The Bertz CT molecular complexity index is 1060. The number of amides is 2. The molecule has 2 aromatic carbocycles. The number of fused-ring (bicyclic) bond motifs is 1. The average Bonchev–Trinajstić information content (AvgIpc) is 3.13. The first-order chi connectivity index (χ1) is 14.2. The molecule has 1 saturated heterocycles. The van der Waals surface area contributed by atoms with Crippen molar-refractivity contribution in [1.82, 2.24) is 10.2 Å². The summed E-state index contributed by atoms with van der Waals surface area (Å²) in [6, 6.07) is 18.2. The number of nitrogens with one attached hydrogen (secondary N) is 1. The summed E-state index contributed by atoms with van der Waals surface area (Å²) in [6.07, 6.45) is 2.98. The second-order valence-electron chi connectivity index (χ2n) is 7.01. The number of aliphatic imine (C=N–C) groups is 1. The Morgan fingerprint density at radius 1 is 0.931 bits per heavy atom. The summed E-state index contributed by atoms with van der Waals surface area (Å²) >= 11 is 0. The molecule has 2 aliphatic rings. The topological polar surface area (TPSA) is 85.6 Å². The molecule has 2 aromatic rings. The number of nitriles is 1. The molecule has 0 spiro atoms. The number of carbonyl (C=O) groups is 2. The smallest absolute Gasteiger partial charge is 0.266 e. The highest BCUT2D eigenvalue weighted by atomic mass is 16.2. The number of likely N-dealkylation sites (tertiary alicyclic amines) is 1. The lowest BCUT2D eigenvalue weighted by molar-refractivity contribution is -0.127. The standard InChI is InChI=1S/C23H20N4O2/c24-15-19(23(29)27-13-7-2-8-14-27)20-17-11-5-6-12-18(17)21(25-20)26-22(28)16-9-3-1-4-10-16/h1,3-6,9-12H,2,7-8,13-14H2,(H,25,26,28)/b20-19-. The van der Waals surface area contributed by atoms with Gasteiger partial charge in [-0.15, -0.1) is 0 Å². The van der Waals surface area contributed by atoms with E-state index in [0.717, 1.165) is 19.3 Å². The minimum Gasteiger partial charge on any atom is -0.338 e. The third-order valence-corrected chi connectivity index (χ3v) is 5.13. The van der Waals surface area contributed by atoms with Crippen LogP contribution in [0.1, 0.15) is 40.7 Å². The van der Waals surface area contributed by atoms with E-state index >= 15 is 0 Å². The summed E-state index contributed by atoms with van der Waals surface area (Å²) < 4.78 is 0. The van der Waals surface area contributed by atoms with Crippen LogP contribution in [0.4, 0.5) is 0 Å². The molecule has 1 N–H and O–H groups in total. The molecular weight excluding hydrogens is 364 g/mol. The lowest BCUT2D eigenvalue weighted by atomic mass is 10.0. The third-order valence-electron chi connectivity index (χ3n) is 5.13. The van der Waals surface area contributed by atoms with Gasteiger partial charge in [0.15, 0.2) is 0 Å². The van der Waals surface area contributed by atoms with Crippen LogP contribution in [-0.4, -0.2) is 35.6 Å². The van der Waals surface area contributed by atoms with E-state index in [1.807, 2.05) is 30.3 Å². The Balaban J connectivity index is 1.71. The van der Waals surface area contributed by atoms with Gasteiger partial charge in [0.1, 0.15) is 17.5 Å². The summed E-state index contributed by atoms with van der Waals surface area (Å²) in [7, 11) is 0. The van der Waals surface area contributed by atoms with Crippen molar-refractivity contribution in [3.8, 4) is 6.07 Å². The number of hydrogen-bond donors (Lipinski definition) is 1. The van der Waals surface area contributed by atoms with Crippen LogP contribution < -0.4 is 5.32 Å². The van der Waals surface area contributed by atoms with Crippen molar-refractivity contribution in [3.63, 3.8) is 0 Å². The van der Waals surface area contributed by atoms with Gasteiger partial charge in [0.2, 0.25) is 0 Å². The van der Waals surface area contributed by atoms with Crippen molar-refractivity contribution in [2.75, 3.05) is 13.1 Å². The van der Waals surface area contributed by atoms with E-state index in [1.54, 1.807) is 29.2 Å². The highest BCUT2D eigenvalue weighted by Gasteiger charge is 2.29. The molecule has 4 rings (SSSR count). The molecule has 0 radical (unpaired) electrons. The molecule has 0 unspecified atom stereocenters. The molecule has 2 heterocycles. The van der Waals surface area contributed by atoms with Crippen LogP contribution in [-0.2, 0) is 4.79 Å². The fourth-order valence-corrected chi connectivity index (χ4v) is 3.64. The van der Waals surface area contributed by atoms with Crippen molar-refractivity contribution in [2.24, 2.45) is 4.99 Å². The summed E-state index contributed by atoms with van der Waals surface area (Å²) in [5.41, 5.74) is 2.23. The van der Waals surface area contributed by atoms with Gasteiger partial charge in [-0.05, 0) is 31.4 Å². The van der Waals surface area contributed by atoms with Crippen LogP contribution in [0.2, 0.25) is 0 Å². The van der Waals surface area contributed by atoms with Gasteiger partial charge in [-0.3, -0.25) is 9.59 Å². The van der Waals surface area contributed by atoms with Crippen LogP contribution in [0.5, 0.6) is 0 Å². The Morgan fingerprint density at radius 2 is 1.59 bits per heavy atom. The molecule has 29 heavy (non-hydrogen) atoms. The highest BCUT2D eigenvalue weighted by Crippen LogP contribution is 2.31. The molecule has 144 valence electrons. The minimum absolute atomic E-state index is 0.0170. The summed E-state index contributed by atoms with van der Waals surface area (Å²) in [4.78, 5) is 31.8. The fraction of sp³-hybridized carbons (Fsp3) is 0.217. The van der Waals surface area contributed by atoms with Gasteiger partial charge < -0.3 is 10.2 Å². The molecule has 0 atom stereocenters. The zero-order chi connectivity index (χ0) is 20.2. The lowest BCUT2D eigenvalue weighted by Gasteiger charge is -2.26. The van der Waals surface area contributed by atoms with Crippen LogP contribution in [0.15, 0.2) is 65.2 Å². The molecule has 0 aromatic heterocycles. The van der Waals surface area contributed by atoms with Gasteiger partial charge in [0.05, 0.1) is 5.70 Å². The predicted octanol–water partition coefficient (Wildman–Crippen LogP) is 3.12. The van der Waals surface area contributed by atoms with Crippen molar-refractivity contribution in [1.29, 1.82) is 5.26 Å². The van der Waals surface area contributed by atoms with Crippen molar-refractivity contribution < 1.29 is 9.59 Å². The van der Waals surface area contributed by atoms with Gasteiger partial charge >= 0.3 is 0 Å². The SMILES string of the molecule is N#C/C(C(=O)N1CCCCC1)=C1/N=C(NC(=O)c2ccccc2)c2ccccc21. The first kappa shape index (κ1) is 18.6. The molecule has 6 nitrogen and oxygen atoms in total. The Labute approximate surface area is 169 Å². The maximum Gasteiger partial charge on any atom is 0.266 e. The molecule has 1 fully saturated rings. The van der Waals surface area contributed by atoms with E-state index in [9.17, 15) is 14.9 Å². The van der Waals surface area contributed by atoms with E-state index in [1.165, 1.54) is 0 Å². The van der Waals surface area contributed by atoms with Crippen molar-refractivity contribution in [2.45, 2.75) is 19.3 Å². The van der Waals surface area contributed by atoms with Gasteiger partial charge in [-0.2, -0.15) is 5.26 Å². The molecule has 2 amide bonds. The van der Waals surface area contributed by atoms with Gasteiger partial charge in [-0.1, -0.05) is 42.5 Å². The molecule has 2 aliphatic heterocycles. The van der Waals surface area contributed by atoms with E-state index in [4.69, 9.17) is 0 Å². The quantitative estimate of drug-likeness (QED) is 0.638. The largest absolute Gasteiger partial charge is 0.338 e. The second kappa shape index (κ2) is 8.11. The Morgan fingerprint density at radius 3 is 2.28 bits per heavy atom. The van der Waals surface area contributed by atoms with E-state index in [0.29, 0.717) is 41.3 Å². The molecule has 0 aliphatic carbocycles. The first-order valence-electron chi connectivity index (χ1n) is 9.67. The normalized spacial score (nSPS) is 17.1. The number of rotatable bonds is 2. The summed E-state index contributed by atoms with van der Waals surface area (Å²) in [6.45, 7) is 1.31. The number of piperidine rings is 1. The predicted molar refractivity (Wildman–Crippen MR) is 110 cm³/mol. The third kappa shape index (κ3) is 3.67. The number of carbonyl (C=O) groups excluding carboxylic acids is 2. The monoisotopic (exact) mass is 384 g/mol. The molecule has 0 bridgehead atoms. The maximum atomic E-state index is 13.0. The number of nitrogens with zero attached hydrogens (tertiary/aromatic N) is 3. The number of hydrogen-bond acceptors (Lipinski definition) is 4. The van der Waals surface area contributed by atoms with Gasteiger partial charge in [-0.25, -0.2) is 4.99 Å². The maximum absolute atomic E-state index is 13.0. The van der Waals surface area contributed by atoms with Crippen LogP contribution in [0.3, 0.4) is 0 Å². The Hall–Kier alpha value is -3.72. The minimum atomic E-state index is -0.295. The van der Waals surface area contributed by atoms with Crippen LogP contribution in [0, 0.1) is 11.3 Å². The molecule has 6 heteroatoms. The summed E-state index contributed by atoms with van der Waals surface area (Å²) in [5, 5.41) is 12.6. The highest BCUT2D eigenvalue weighted by molar-refractivity contribution is 6.20. The summed E-state index contributed by atoms with van der Waals surface area (Å²) in [5.74, 6) is -0.235. The number of benzene rings is 2.